The van der Waals surface area contributed by atoms with Crippen LogP contribution in [0.25, 0.3) is 0 Å². The zero-order valence-corrected chi connectivity index (χ0v) is 16.7. The number of hydrogen-bond donors (Lipinski definition) is 1. The molecule has 2 atom stereocenters. The molecule has 1 heterocycles. The molecule has 0 saturated heterocycles. The molecule has 0 bridgehead atoms. The quantitative estimate of drug-likeness (QED) is 0.411. The largest absolute Gasteiger partial charge is 0.387 e. The molecule has 0 aliphatic rings. The van der Waals surface area contributed by atoms with Crippen LogP contribution in [0.4, 0.5) is 4.39 Å². The summed E-state index contributed by atoms with van der Waals surface area (Å²) in [4.78, 5) is 4.25. The Morgan fingerprint density at radius 3 is 2.13 bits per heavy atom. The molecule has 0 radical (unpaired) electrons. The Balaban J connectivity index is 1.50. The molecule has 0 amide bonds. The predicted octanol–water partition coefficient (Wildman–Crippen LogP) is 5.72. The van der Waals surface area contributed by atoms with E-state index < -0.39 is 6.10 Å². The topological polar surface area (TPSA) is 38.1 Å². The van der Waals surface area contributed by atoms with Crippen LogP contribution >= 0.6 is 0 Å². The second kappa shape index (κ2) is 9.51. The van der Waals surface area contributed by atoms with Gasteiger partial charge in [0.15, 0.2) is 0 Å². The van der Waals surface area contributed by atoms with E-state index in [2.05, 4.69) is 29.2 Å². The summed E-state index contributed by atoms with van der Waals surface area (Å²) in [6, 6.07) is 27.0. The summed E-state index contributed by atoms with van der Waals surface area (Å²) in [5, 5.41) is 10.9. The molecule has 4 aromatic rings. The van der Waals surface area contributed by atoms with E-state index in [1.807, 2.05) is 53.1 Å². The summed E-state index contributed by atoms with van der Waals surface area (Å²) >= 11 is 0. The van der Waals surface area contributed by atoms with Crippen LogP contribution in [0.3, 0.4) is 0 Å². The van der Waals surface area contributed by atoms with Gasteiger partial charge in [0.25, 0.3) is 0 Å². The summed E-state index contributed by atoms with van der Waals surface area (Å²) in [5.41, 5.74) is 4.18. The molecule has 4 heteroatoms. The highest BCUT2D eigenvalue weighted by Gasteiger charge is 2.19. The maximum absolute atomic E-state index is 13.4. The zero-order valence-electron chi connectivity index (χ0n) is 16.7. The Bertz CT molecular complexity index is 1050. The number of aromatic nitrogens is 2. The average Bonchev–Trinajstić information content (AvgIpc) is 3.24. The van der Waals surface area contributed by atoms with Crippen molar-refractivity contribution in [2.24, 2.45) is 0 Å². The van der Waals surface area contributed by atoms with Crippen molar-refractivity contribution in [3.63, 3.8) is 0 Å². The predicted molar refractivity (Wildman–Crippen MR) is 117 cm³/mol. The molecule has 152 valence electrons. The number of rotatable bonds is 8. The van der Waals surface area contributed by atoms with Crippen molar-refractivity contribution < 1.29 is 9.50 Å². The second-order valence-corrected chi connectivity index (χ2v) is 7.54. The van der Waals surface area contributed by atoms with Crippen molar-refractivity contribution in [2.75, 3.05) is 0 Å². The second-order valence-electron chi connectivity index (χ2n) is 7.54. The SMILES string of the molecule is OC(CCC(c1ccccc1)c1ccc(F)cc1)c1cncn1Cc1ccccc1. The van der Waals surface area contributed by atoms with Gasteiger partial charge in [-0.15, -0.1) is 0 Å². The van der Waals surface area contributed by atoms with E-state index in [-0.39, 0.29) is 11.7 Å². The highest BCUT2D eigenvalue weighted by molar-refractivity contribution is 5.32. The normalized spacial score (nSPS) is 13.1. The number of aliphatic hydroxyl groups excluding tert-OH is 1. The Kier molecular flexibility index (Phi) is 6.35. The molecule has 1 N–H and O–H groups in total. The fourth-order valence-corrected chi connectivity index (χ4v) is 3.90. The maximum Gasteiger partial charge on any atom is 0.123 e. The number of aliphatic hydroxyl groups is 1. The van der Waals surface area contributed by atoms with E-state index >= 15 is 0 Å². The van der Waals surface area contributed by atoms with E-state index in [4.69, 9.17) is 0 Å². The van der Waals surface area contributed by atoms with Gasteiger partial charge < -0.3 is 9.67 Å². The summed E-state index contributed by atoms with van der Waals surface area (Å²) in [6.07, 6.45) is 4.21. The van der Waals surface area contributed by atoms with Gasteiger partial charge in [0.05, 0.1) is 24.3 Å². The van der Waals surface area contributed by atoms with Gasteiger partial charge in [-0.05, 0) is 41.7 Å². The summed E-state index contributed by atoms with van der Waals surface area (Å²) in [6.45, 7) is 0.674. The van der Waals surface area contributed by atoms with Crippen LogP contribution in [0, 0.1) is 5.82 Å². The number of imidazole rings is 1. The van der Waals surface area contributed by atoms with Gasteiger partial charge in [-0.3, -0.25) is 0 Å². The third kappa shape index (κ3) is 4.84. The fourth-order valence-electron chi connectivity index (χ4n) is 3.90. The first-order valence-electron chi connectivity index (χ1n) is 10.2. The van der Waals surface area contributed by atoms with E-state index in [1.165, 1.54) is 12.1 Å². The number of nitrogens with zero attached hydrogens (tertiary/aromatic N) is 2. The molecule has 30 heavy (non-hydrogen) atoms. The first-order valence-corrected chi connectivity index (χ1v) is 10.2. The lowest BCUT2D eigenvalue weighted by atomic mass is 9.86. The number of halogens is 1. The Morgan fingerprint density at radius 1 is 0.800 bits per heavy atom. The molecule has 0 saturated carbocycles. The lowest BCUT2D eigenvalue weighted by molar-refractivity contribution is 0.154. The van der Waals surface area contributed by atoms with Crippen molar-refractivity contribution in [2.45, 2.75) is 31.4 Å². The van der Waals surface area contributed by atoms with Gasteiger partial charge in [-0.1, -0.05) is 72.8 Å². The lowest BCUT2D eigenvalue weighted by Crippen LogP contribution is -2.10. The van der Waals surface area contributed by atoms with Crippen molar-refractivity contribution in [3.8, 4) is 0 Å². The Labute approximate surface area is 176 Å². The summed E-state index contributed by atoms with van der Waals surface area (Å²) in [5.74, 6) is -0.151. The first-order chi connectivity index (χ1) is 14.7. The molecule has 2 unspecified atom stereocenters. The minimum absolute atomic E-state index is 0.0898. The van der Waals surface area contributed by atoms with Gasteiger partial charge >= 0.3 is 0 Å². The maximum atomic E-state index is 13.4. The molecule has 0 spiro atoms. The molecule has 4 rings (SSSR count). The van der Waals surface area contributed by atoms with E-state index in [9.17, 15) is 9.50 Å². The fraction of sp³-hybridized carbons (Fsp3) is 0.192. The van der Waals surface area contributed by atoms with Crippen molar-refractivity contribution in [1.82, 2.24) is 9.55 Å². The van der Waals surface area contributed by atoms with Gasteiger partial charge in [-0.25, -0.2) is 9.37 Å². The van der Waals surface area contributed by atoms with Crippen LogP contribution in [0.5, 0.6) is 0 Å². The molecule has 3 aromatic carbocycles. The van der Waals surface area contributed by atoms with Crippen molar-refractivity contribution >= 4 is 0 Å². The number of hydrogen-bond acceptors (Lipinski definition) is 2. The van der Waals surface area contributed by atoms with Crippen LogP contribution in [0.2, 0.25) is 0 Å². The molecular weight excluding hydrogens is 375 g/mol. The molecular formula is C26H25FN2O. The first kappa shape index (κ1) is 20.0. The molecule has 0 aliphatic carbocycles. The van der Waals surface area contributed by atoms with E-state index in [1.54, 1.807) is 12.5 Å². The standard InChI is InChI=1S/C26H25FN2O/c27-23-13-11-22(12-14-23)24(21-9-5-2-6-10-21)15-16-26(30)25-17-28-19-29(25)18-20-7-3-1-4-8-20/h1-14,17,19,24,26,30H,15-16,18H2. The van der Waals surface area contributed by atoms with Crippen LogP contribution in [0.1, 0.15) is 47.2 Å². The van der Waals surface area contributed by atoms with Crippen LogP contribution in [-0.4, -0.2) is 14.7 Å². The third-order valence-corrected chi connectivity index (χ3v) is 5.48. The van der Waals surface area contributed by atoms with E-state index in [0.717, 1.165) is 28.8 Å². The van der Waals surface area contributed by atoms with Gasteiger partial charge in [-0.2, -0.15) is 0 Å². The average molecular weight is 400 g/mol. The summed E-state index contributed by atoms with van der Waals surface area (Å²) in [7, 11) is 0. The van der Waals surface area contributed by atoms with Crippen molar-refractivity contribution in [3.05, 3.63) is 126 Å². The number of benzene rings is 3. The summed E-state index contributed by atoms with van der Waals surface area (Å²) < 4.78 is 15.4. The van der Waals surface area contributed by atoms with Gasteiger partial charge in [0, 0.05) is 12.5 Å². The van der Waals surface area contributed by atoms with Gasteiger partial charge in [0.2, 0.25) is 0 Å². The highest BCUT2D eigenvalue weighted by atomic mass is 19.1. The molecule has 0 fully saturated rings. The minimum atomic E-state index is -0.622. The lowest BCUT2D eigenvalue weighted by Gasteiger charge is -2.21. The minimum Gasteiger partial charge on any atom is -0.387 e. The smallest absolute Gasteiger partial charge is 0.123 e. The Morgan fingerprint density at radius 2 is 1.43 bits per heavy atom. The van der Waals surface area contributed by atoms with Crippen LogP contribution in [0.15, 0.2) is 97.5 Å². The Hall–Kier alpha value is -3.24. The van der Waals surface area contributed by atoms with Gasteiger partial charge in [0.1, 0.15) is 5.82 Å². The highest BCUT2D eigenvalue weighted by Crippen LogP contribution is 2.32. The molecule has 3 nitrogen and oxygen atoms in total. The monoisotopic (exact) mass is 400 g/mol. The zero-order chi connectivity index (χ0) is 20.8. The van der Waals surface area contributed by atoms with E-state index in [0.29, 0.717) is 13.0 Å². The van der Waals surface area contributed by atoms with Crippen LogP contribution in [-0.2, 0) is 6.54 Å². The van der Waals surface area contributed by atoms with Crippen LogP contribution < -0.4 is 0 Å². The molecule has 1 aromatic heterocycles. The third-order valence-electron chi connectivity index (χ3n) is 5.48. The van der Waals surface area contributed by atoms with Crippen molar-refractivity contribution in [1.29, 1.82) is 0 Å². The molecule has 0 aliphatic heterocycles.